The van der Waals surface area contributed by atoms with Crippen molar-refractivity contribution < 1.29 is 0 Å². The van der Waals surface area contributed by atoms with Gasteiger partial charge in [0.1, 0.15) is 0 Å². The van der Waals surface area contributed by atoms with Gasteiger partial charge in [0.2, 0.25) is 0 Å². The molecule has 0 aliphatic heterocycles. The number of benzene rings is 2. The van der Waals surface area contributed by atoms with Crippen LogP contribution in [-0.2, 0) is 0 Å². The van der Waals surface area contributed by atoms with E-state index in [2.05, 4.69) is 70.7 Å². The smallest absolute Gasteiger partial charge is 0.187 e. The van der Waals surface area contributed by atoms with Crippen LogP contribution in [0.15, 0.2) is 52.3 Å². The minimum absolute atomic E-state index is 0.250. The van der Waals surface area contributed by atoms with Crippen molar-refractivity contribution >= 4 is 37.2 Å². The van der Waals surface area contributed by atoms with Crippen molar-refractivity contribution in [1.29, 1.82) is 5.26 Å². The number of aryl methyl sites for hydroxylation is 1. The first-order chi connectivity index (χ1) is 9.20. The monoisotopic (exact) mass is 328 g/mol. The van der Waals surface area contributed by atoms with Gasteiger partial charge in [0, 0.05) is 21.9 Å². The van der Waals surface area contributed by atoms with Gasteiger partial charge in [-0.1, -0.05) is 24.3 Å². The molecule has 0 saturated carbocycles. The number of nitriles is 1. The van der Waals surface area contributed by atoms with Gasteiger partial charge in [-0.3, -0.25) is 0 Å². The quantitative estimate of drug-likeness (QED) is 0.539. The summed E-state index contributed by atoms with van der Waals surface area (Å²) in [6.07, 6.45) is 0. The van der Waals surface area contributed by atoms with Crippen molar-refractivity contribution in [3.05, 3.63) is 62.8 Å². The van der Waals surface area contributed by atoms with Gasteiger partial charge < -0.3 is 0 Å². The summed E-state index contributed by atoms with van der Waals surface area (Å²) < 4.78 is 0.997. The lowest BCUT2D eigenvalue weighted by molar-refractivity contribution is 1.52. The third-order valence-corrected chi connectivity index (χ3v) is 5.95. The Bertz CT molecular complexity index is 811. The van der Waals surface area contributed by atoms with Gasteiger partial charge in [-0.2, -0.15) is 5.26 Å². The molecule has 2 aromatic carbocycles. The molecule has 0 aliphatic rings. The minimum Gasteiger partial charge on any atom is -0.187 e. The molecule has 19 heavy (non-hydrogen) atoms. The van der Waals surface area contributed by atoms with Crippen LogP contribution in [0.4, 0.5) is 0 Å². The topological polar surface area (TPSA) is 23.8 Å². The summed E-state index contributed by atoms with van der Waals surface area (Å²) in [7, 11) is -0.250. The zero-order chi connectivity index (χ0) is 13.4. The Balaban J connectivity index is 2.38. The SMILES string of the molecule is Cc1ccc(-[s+]2cc(Br)cc2C#N)c2ccccc12. The second-order valence-electron chi connectivity index (χ2n) is 4.39. The zero-order valence-electron chi connectivity index (χ0n) is 10.4. The van der Waals surface area contributed by atoms with Gasteiger partial charge in [0.15, 0.2) is 16.3 Å². The largest absolute Gasteiger partial charge is 0.257 e. The van der Waals surface area contributed by atoms with E-state index >= 15 is 0 Å². The summed E-state index contributed by atoms with van der Waals surface area (Å²) in [5.74, 6) is 0. The molecular formula is C16H11BrNS+. The highest BCUT2D eigenvalue weighted by atomic mass is 79.9. The zero-order valence-corrected chi connectivity index (χ0v) is 12.8. The third-order valence-electron chi connectivity index (χ3n) is 3.19. The normalized spacial score (nSPS) is 11.5. The molecule has 0 spiro atoms. The summed E-state index contributed by atoms with van der Waals surface area (Å²) in [5, 5.41) is 13.9. The predicted molar refractivity (Wildman–Crippen MR) is 84.9 cm³/mol. The van der Waals surface area contributed by atoms with Crippen LogP contribution in [0.2, 0.25) is 0 Å². The van der Waals surface area contributed by atoms with Crippen LogP contribution >= 0.6 is 26.4 Å². The lowest BCUT2D eigenvalue weighted by atomic mass is 10.1. The first kappa shape index (κ1) is 12.4. The van der Waals surface area contributed by atoms with Gasteiger partial charge in [0.05, 0.1) is 4.47 Å². The Hall–Kier alpha value is -1.63. The Morgan fingerprint density at radius 1 is 1.11 bits per heavy atom. The highest BCUT2D eigenvalue weighted by Crippen LogP contribution is 2.42. The second kappa shape index (κ2) is 4.80. The molecule has 3 aromatic rings. The summed E-state index contributed by atoms with van der Waals surface area (Å²) >= 11 is 3.48. The van der Waals surface area contributed by atoms with E-state index in [4.69, 9.17) is 0 Å². The van der Waals surface area contributed by atoms with E-state index in [1.54, 1.807) is 0 Å². The van der Waals surface area contributed by atoms with Gasteiger partial charge in [-0.15, -0.1) is 0 Å². The van der Waals surface area contributed by atoms with Crippen LogP contribution in [0.25, 0.3) is 15.7 Å². The average Bonchev–Trinajstić information content (AvgIpc) is 2.80. The number of nitrogens with zero attached hydrogens (tertiary/aromatic N) is 1. The van der Waals surface area contributed by atoms with E-state index in [1.807, 2.05) is 6.07 Å². The molecule has 1 atom stereocenters. The van der Waals surface area contributed by atoms with E-state index in [1.165, 1.54) is 21.2 Å². The van der Waals surface area contributed by atoms with Crippen LogP contribution < -0.4 is 0 Å². The molecule has 3 heteroatoms. The van der Waals surface area contributed by atoms with E-state index in [0.29, 0.717) is 0 Å². The third kappa shape index (κ3) is 2.07. The first-order valence-corrected chi connectivity index (χ1v) is 7.99. The maximum Gasteiger partial charge on any atom is 0.257 e. The fourth-order valence-electron chi connectivity index (χ4n) is 2.28. The van der Waals surface area contributed by atoms with Crippen molar-refractivity contribution in [2.24, 2.45) is 0 Å². The maximum absolute atomic E-state index is 9.28. The molecule has 0 N–H and O–H groups in total. The molecule has 0 fully saturated rings. The van der Waals surface area contributed by atoms with Gasteiger partial charge in [-0.25, -0.2) is 0 Å². The standard InChI is InChI=1S/C16H11BrNS/c1-11-6-7-16(15-5-3-2-4-14(11)15)19-10-12(17)8-13(19)9-18/h2-8,10H,1H3/q+1. The highest BCUT2D eigenvalue weighted by molar-refractivity contribution is 9.10. The van der Waals surface area contributed by atoms with Gasteiger partial charge >= 0.3 is 0 Å². The van der Waals surface area contributed by atoms with E-state index in [0.717, 1.165) is 9.35 Å². The number of fused-ring (bicyclic) bond motifs is 1. The summed E-state index contributed by atoms with van der Waals surface area (Å²) in [6, 6.07) is 16.9. The van der Waals surface area contributed by atoms with E-state index < -0.39 is 0 Å². The minimum atomic E-state index is -0.250. The van der Waals surface area contributed by atoms with E-state index in [9.17, 15) is 5.26 Å². The Morgan fingerprint density at radius 3 is 2.58 bits per heavy atom. The number of halogens is 1. The predicted octanol–water partition coefficient (Wildman–Crippen LogP) is 5.52. The lowest BCUT2D eigenvalue weighted by Gasteiger charge is -2.02. The molecule has 1 unspecified atom stereocenters. The molecule has 1 aromatic heterocycles. The Kier molecular flexibility index (Phi) is 3.14. The van der Waals surface area contributed by atoms with Crippen molar-refractivity contribution in [2.45, 2.75) is 6.92 Å². The number of thiophene rings is 1. The van der Waals surface area contributed by atoms with Crippen LogP contribution in [0, 0.1) is 18.3 Å². The number of hydrogen-bond donors (Lipinski definition) is 0. The van der Waals surface area contributed by atoms with Gasteiger partial charge in [-0.05, 0) is 45.9 Å². The van der Waals surface area contributed by atoms with Crippen LogP contribution in [0.1, 0.15) is 10.4 Å². The van der Waals surface area contributed by atoms with Crippen LogP contribution in [-0.4, -0.2) is 0 Å². The Morgan fingerprint density at radius 2 is 1.84 bits per heavy atom. The van der Waals surface area contributed by atoms with Crippen LogP contribution in [0.3, 0.4) is 0 Å². The summed E-state index contributed by atoms with van der Waals surface area (Å²) in [6.45, 7) is 2.12. The molecule has 0 aliphatic carbocycles. The molecular weight excluding hydrogens is 318 g/mol. The van der Waals surface area contributed by atoms with Crippen LogP contribution in [0.5, 0.6) is 0 Å². The maximum atomic E-state index is 9.28. The molecule has 3 rings (SSSR count). The average molecular weight is 329 g/mol. The molecule has 0 radical (unpaired) electrons. The lowest BCUT2D eigenvalue weighted by Crippen LogP contribution is -1.81. The molecule has 0 bridgehead atoms. The molecule has 1 nitrogen and oxygen atoms in total. The number of hydrogen-bond acceptors (Lipinski definition) is 1. The van der Waals surface area contributed by atoms with Crippen molar-refractivity contribution in [1.82, 2.24) is 0 Å². The molecule has 92 valence electrons. The number of rotatable bonds is 1. The second-order valence-corrected chi connectivity index (χ2v) is 7.09. The first-order valence-electron chi connectivity index (χ1n) is 5.91. The van der Waals surface area contributed by atoms with E-state index in [-0.39, 0.29) is 10.5 Å². The molecule has 0 saturated heterocycles. The van der Waals surface area contributed by atoms with Crippen molar-refractivity contribution in [3.8, 4) is 11.0 Å². The van der Waals surface area contributed by atoms with Crippen molar-refractivity contribution in [3.63, 3.8) is 0 Å². The molecule has 1 heterocycles. The summed E-state index contributed by atoms with van der Waals surface area (Å²) in [5.41, 5.74) is 1.27. The Labute approximate surface area is 123 Å². The fourth-order valence-corrected chi connectivity index (χ4v) is 4.98. The summed E-state index contributed by atoms with van der Waals surface area (Å²) in [4.78, 5) is 2.05. The fraction of sp³-hybridized carbons (Fsp3) is 0.0625. The molecule has 0 amide bonds. The van der Waals surface area contributed by atoms with Gasteiger partial charge in [0.25, 0.3) is 4.88 Å². The highest BCUT2D eigenvalue weighted by Gasteiger charge is 2.21. The van der Waals surface area contributed by atoms with Crippen molar-refractivity contribution in [2.75, 3.05) is 0 Å².